The number of hydrogen-bond acceptors (Lipinski definition) is 10. The van der Waals surface area contributed by atoms with Crippen LogP contribution in [0.1, 0.15) is 31.6 Å². The predicted molar refractivity (Wildman–Crippen MR) is 119 cm³/mol. The number of nitrogen functional groups attached to an aromatic ring is 1. The lowest BCUT2D eigenvalue weighted by Crippen LogP contribution is -2.11. The second-order valence-electron chi connectivity index (χ2n) is 6.55. The van der Waals surface area contributed by atoms with Crippen molar-refractivity contribution in [3.05, 3.63) is 76.8 Å². The molecule has 0 aliphatic carbocycles. The third-order valence-electron chi connectivity index (χ3n) is 4.15. The predicted octanol–water partition coefficient (Wildman–Crippen LogP) is 3.77. The van der Waals surface area contributed by atoms with Gasteiger partial charge < -0.3 is 25.5 Å². The van der Waals surface area contributed by atoms with Gasteiger partial charge in [0.05, 0.1) is 11.3 Å². The monoisotopic (exact) mass is 450 g/mol. The van der Waals surface area contributed by atoms with Gasteiger partial charge in [-0.3, -0.25) is 4.79 Å². The molecule has 0 spiro atoms. The van der Waals surface area contributed by atoms with E-state index in [1.807, 2.05) is 30.3 Å². The zero-order chi connectivity index (χ0) is 22.5. The number of hydrogen-bond donors (Lipinski definition) is 3. The molecule has 0 fully saturated rings. The number of amides is 1. The second-order valence-corrected chi connectivity index (χ2v) is 7.61. The molecule has 10 nitrogen and oxygen atoms in total. The van der Waals surface area contributed by atoms with Gasteiger partial charge in [0, 0.05) is 5.69 Å². The Morgan fingerprint density at radius 3 is 2.69 bits per heavy atom. The zero-order valence-electron chi connectivity index (χ0n) is 16.9. The Kier molecular flexibility index (Phi) is 6.08. The Labute approximate surface area is 186 Å². The number of carbonyl (C=O) groups excluding carboxylic acids is 2. The average molecular weight is 450 g/mol. The first-order chi connectivity index (χ1) is 15.5. The van der Waals surface area contributed by atoms with Crippen LogP contribution in [0.25, 0.3) is 0 Å². The lowest BCUT2D eigenvalue weighted by atomic mass is 10.3. The first kappa shape index (κ1) is 21.0. The number of nitrogens with zero attached hydrogens (tertiary/aromatic N) is 3. The molecule has 11 heteroatoms. The standard InChI is InChI=1S/C21H18N6O4S/c1-12-10-16(26-18(28)14-8-5-9-30-14)32-17(12)19(29)31-11-15-24-20(22)27-21(25-15)23-13-6-3-2-4-7-13/h2-10H,11H2,1H3,(H,26,28)(H3,22,23,24,25,27). The number of carbonyl (C=O) groups is 2. The number of thiophene rings is 1. The molecule has 0 aliphatic heterocycles. The van der Waals surface area contributed by atoms with Crippen LogP contribution < -0.4 is 16.4 Å². The molecule has 4 rings (SSSR count). The lowest BCUT2D eigenvalue weighted by molar-refractivity contribution is 0.0467. The fourth-order valence-electron chi connectivity index (χ4n) is 2.73. The normalized spacial score (nSPS) is 10.5. The van der Waals surface area contributed by atoms with E-state index in [0.29, 0.717) is 15.4 Å². The largest absolute Gasteiger partial charge is 0.459 e. The van der Waals surface area contributed by atoms with Crippen LogP contribution in [-0.2, 0) is 11.3 Å². The van der Waals surface area contributed by atoms with Gasteiger partial charge in [-0.1, -0.05) is 18.2 Å². The Balaban J connectivity index is 1.40. The van der Waals surface area contributed by atoms with E-state index in [1.165, 1.54) is 6.26 Å². The van der Waals surface area contributed by atoms with Crippen LogP contribution in [0.5, 0.6) is 0 Å². The maximum Gasteiger partial charge on any atom is 0.349 e. The number of para-hydroxylation sites is 1. The number of esters is 1. The summed E-state index contributed by atoms with van der Waals surface area (Å²) in [4.78, 5) is 37.3. The van der Waals surface area contributed by atoms with Crippen molar-refractivity contribution in [2.24, 2.45) is 0 Å². The number of rotatable bonds is 7. The first-order valence-electron chi connectivity index (χ1n) is 9.43. The highest BCUT2D eigenvalue weighted by molar-refractivity contribution is 7.18. The van der Waals surface area contributed by atoms with Gasteiger partial charge in [-0.15, -0.1) is 11.3 Å². The van der Waals surface area contributed by atoms with Crippen LogP contribution in [0.15, 0.2) is 59.2 Å². The number of ether oxygens (including phenoxy) is 1. The van der Waals surface area contributed by atoms with E-state index in [1.54, 1.807) is 25.1 Å². The third-order valence-corrected chi connectivity index (χ3v) is 5.28. The van der Waals surface area contributed by atoms with Crippen molar-refractivity contribution in [3.8, 4) is 0 Å². The quantitative estimate of drug-likeness (QED) is 0.358. The van der Waals surface area contributed by atoms with Gasteiger partial charge in [0.2, 0.25) is 11.9 Å². The highest BCUT2D eigenvalue weighted by Gasteiger charge is 2.18. The number of nitrogens with two attached hydrogens (primary N) is 1. The van der Waals surface area contributed by atoms with Crippen molar-refractivity contribution in [2.45, 2.75) is 13.5 Å². The molecule has 0 radical (unpaired) electrons. The SMILES string of the molecule is Cc1cc(NC(=O)c2ccco2)sc1C(=O)OCc1nc(N)nc(Nc2ccccc2)n1. The van der Waals surface area contributed by atoms with Crippen molar-refractivity contribution in [1.82, 2.24) is 15.0 Å². The van der Waals surface area contributed by atoms with E-state index in [4.69, 9.17) is 14.9 Å². The van der Waals surface area contributed by atoms with Crippen LogP contribution in [0.4, 0.5) is 22.6 Å². The molecule has 4 aromatic rings. The van der Waals surface area contributed by atoms with Crippen LogP contribution >= 0.6 is 11.3 Å². The van der Waals surface area contributed by atoms with Gasteiger partial charge in [-0.2, -0.15) is 15.0 Å². The van der Waals surface area contributed by atoms with Gasteiger partial charge in [0.1, 0.15) is 4.88 Å². The van der Waals surface area contributed by atoms with Crippen LogP contribution in [0.2, 0.25) is 0 Å². The summed E-state index contributed by atoms with van der Waals surface area (Å²) in [5.74, 6) is -0.361. The number of aromatic nitrogens is 3. The zero-order valence-corrected chi connectivity index (χ0v) is 17.7. The smallest absolute Gasteiger partial charge is 0.349 e. The number of anilines is 4. The summed E-state index contributed by atoms with van der Waals surface area (Å²) in [6.07, 6.45) is 1.41. The van der Waals surface area contributed by atoms with E-state index >= 15 is 0 Å². The first-order valence-corrected chi connectivity index (χ1v) is 10.2. The minimum atomic E-state index is -0.567. The Morgan fingerprint density at radius 1 is 1.12 bits per heavy atom. The van der Waals surface area contributed by atoms with Crippen LogP contribution in [-0.4, -0.2) is 26.8 Å². The number of nitrogens with one attached hydrogen (secondary N) is 2. The van der Waals surface area contributed by atoms with E-state index in [9.17, 15) is 9.59 Å². The molecule has 3 heterocycles. The van der Waals surface area contributed by atoms with Crippen molar-refractivity contribution in [3.63, 3.8) is 0 Å². The van der Waals surface area contributed by atoms with Gasteiger partial charge in [-0.05, 0) is 42.8 Å². The molecule has 0 bridgehead atoms. The fourth-order valence-corrected chi connectivity index (χ4v) is 3.69. The summed E-state index contributed by atoms with van der Waals surface area (Å²) < 4.78 is 10.4. The minimum absolute atomic E-state index is 0.000269. The summed E-state index contributed by atoms with van der Waals surface area (Å²) in [7, 11) is 0. The van der Waals surface area contributed by atoms with E-state index in [0.717, 1.165) is 17.0 Å². The summed E-state index contributed by atoms with van der Waals surface area (Å²) in [6, 6.07) is 14.2. The molecule has 32 heavy (non-hydrogen) atoms. The second kappa shape index (κ2) is 9.27. The Morgan fingerprint density at radius 2 is 1.94 bits per heavy atom. The summed E-state index contributed by atoms with van der Waals surface area (Å²) in [6.45, 7) is 1.55. The molecule has 3 aromatic heterocycles. The molecule has 1 aromatic carbocycles. The molecule has 1 amide bonds. The number of aryl methyl sites for hydroxylation is 1. The third kappa shape index (κ3) is 5.08. The molecular formula is C21H18N6O4S. The maximum absolute atomic E-state index is 12.6. The van der Waals surface area contributed by atoms with Crippen molar-refractivity contribution in [2.75, 3.05) is 16.4 Å². The van der Waals surface area contributed by atoms with Crippen molar-refractivity contribution < 1.29 is 18.7 Å². The minimum Gasteiger partial charge on any atom is -0.459 e. The molecule has 162 valence electrons. The van der Waals surface area contributed by atoms with Crippen LogP contribution in [0.3, 0.4) is 0 Å². The topological polar surface area (TPSA) is 145 Å². The fraction of sp³-hybridized carbons (Fsp3) is 0.0952. The highest BCUT2D eigenvalue weighted by Crippen LogP contribution is 2.28. The van der Waals surface area contributed by atoms with E-state index < -0.39 is 11.9 Å². The molecule has 0 saturated heterocycles. The van der Waals surface area contributed by atoms with Gasteiger partial charge in [0.15, 0.2) is 18.2 Å². The van der Waals surface area contributed by atoms with Crippen LogP contribution in [0, 0.1) is 6.92 Å². The average Bonchev–Trinajstić information content (AvgIpc) is 3.42. The van der Waals surface area contributed by atoms with Gasteiger partial charge in [-0.25, -0.2) is 4.79 Å². The molecular weight excluding hydrogens is 432 g/mol. The molecule has 0 saturated carbocycles. The van der Waals surface area contributed by atoms with Crippen molar-refractivity contribution >= 4 is 45.8 Å². The summed E-state index contributed by atoms with van der Waals surface area (Å²) in [5.41, 5.74) is 7.20. The van der Waals surface area contributed by atoms with E-state index in [-0.39, 0.29) is 30.1 Å². The van der Waals surface area contributed by atoms with Gasteiger partial charge in [0.25, 0.3) is 5.91 Å². The molecule has 4 N–H and O–H groups in total. The van der Waals surface area contributed by atoms with Crippen molar-refractivity contribution in [1.29, 1.82) is 0 Å². The Bertz CT molecular complexity index is 1240. The maximum atomic E-state index is 12.6. The van der Waals surface area contributed by atoms with Gasteiger partial charge >= 0.3 is 5.97 Å². The van der Waals surface area contributed by atoms with E-state index in [2.05, 4.69) is 25.6 Å². The Hall–Kier alpha value is -4.25. The molecule has 0 unspecified atom stereocenters. The molecule has 0 aliphatic rings. The lowest BCUT2D eigenvalue weighted by Gasteiger charge is -2.08. The highest BCUT2D eigenvalue weighted by atomic mass is 32.1. The molecule has 0 atom stereocenters. The number of benzene rings is 1. The summed E-state index contributed by atoms with van der Waals surface area (Å²) in [5, 5.41) is 6.21. The number of furan rings is 1. The summed E-state index contributed by atoms with van der Waals surface area (Å²) >= 11 is 1.10.